The van der Waals surface area contributed by atoms with Crippen molar-refractivity contribution in [3.8, 4) is 0 Å². The topological polar surface area (TPSA) is 58.1 Å². The van der Waals surface area contributed by atoms with Gasteiger partial charge in [-0.1, -0.05) is 13.8 Å². The van der Waals surface area contributed by atoms with Crippen molar-refractivity contribution in [2.24, 2.45) is 10.9 Å². The van der Waals surface area contributed by atoms with Crippen LogP contribution in [0.3, 0.4) is 0 Å². The molecule has 25 heavy (non-hydrogen) atoms. The summed E-state index contributed by atoms with van der Waals surface area (Å²) in [6.45, 7) is 14.0. The lowest BCUT2D eigenvalue weighted by Gasteiger charge is -2.34. The maximum Gasteiger partial charge on any atom is 0.191 e. The van der Waals surface area contributed by atoms with Crippen molar-refractivity contribution in [3.05, 3.63) is 0 Å². The van der Waals surface area contributed by atoms with Gasteiger partial charge in [-0.2, -0.15) is 0 Å². The number of nitrogens with one attached hydrogen (secondary N) is 2. The Balaban J connectivity index is 2.46. The Labute approximate surface area is 154 Å². The van der Waals surface area contributed by atoms with E-state index in [-0.39, 0.29) is 0 Å². The van der Waals surface area contributed by atoms with E-state index in [1.165, 1.54) is 12.8 Å². The third-order valence-electron chi connectivity index (χ3n) is 4.43. The zero-order valence-corrected chi connectivity index (χ0v) is 16.9. The third-order valence-corrected chi connectivity index (χ3v) is 4.43. The Hall–Kier alpha value is -0.850. The molecule has 148 valence electrons. The van der Waals surface area contributed by atoms with Crippen molar-refractivity contribution in [1.82, 2.24) is 15.5 Å². The fraction of sp³-hybridized carbons (Fsp3) is 0.947. The smallest absolute Gasteiger partial charge is 0.191 e. The highest BCUT2D eigenvalue weighted by Crippen LogP contribution is 2.14. The maximum atomic E-state index is 5.50. The van der Waals surface area contributed by atoms with Crippen molar-refractivity contribution in [3.63, 3.8) is 0 Å². The fourth-order valence-electron chi connectivity index (χ4n) is 3.12. The molecule has 1 aliphatic heterocycles. The van der Waals surface area contributed by atoms with E-state index in [1.54, 1.807) is 7.11 Å². The minimum Gasteiger partial charge on any atom is -0.385 e. The summed E-state index contributed by atoms with van der Waals surface area (Å²) >= 11 is 0. The summed E-state index contributed by atoms with van der Waals surface area (Å²) in [5.74, 6) is 1.62. The Morgan fingerprint density at radius 1 is 1.16 bits per heavy atom. The fourth-order valence-corrected chi connectivity index (χ4v) is 3.12. The first-order valence-corrected chi connectivity index (χ1v) is 10.00. The summed E-state index contributed by atoms with van der Waals surface area (Å²) in [6.07, 6.45) is 4.63. The number of aliphatic imine (C=N–C) groups is 1. The van der Waals surface area contributed by atoms with Crippen LogP contribution in [-0.4, -0.2) is 76.6 Å². The van der Waals surface area contributed by atoms with Gasteiger partial charge in [0.1, 0.15) is 0 Å². The van der Waals surface area contributed by atoms with E-state index in [9.17, 15) is 0 Å². The molecule has 0 amide bonds. The summed E-state index contributed by atoms with van der Waals surface area (Å²) in [5, 5.41) is 6.83. The van der Waals surface area contributed by atoms with Gasteiger partial charge >= 0.3 is 0 Å². The minimum absolute atomic E-state index is 0.501. The molecular weight excluding hydrogens is 316 g/mol. The number of nitrogens with zero attached hydrogens (tertiary/aromatic N) is 2. The third kappa shape index (κ3) is 10.7. The van der Waals surface area contributed by atoms with Crippen LogP contribution in [0.4, 0.5) is 0 Å². The molecule has 0 aliphatic carbocycles. The first kappa shape index (κ1) is 22.2. The number of morpholine rings is 1. The molecule has 0 aromatic rings. The van der Waals surface area contributed by atoms with E-state index < -0.39 is 0 Å². The van der Waals surface area contributed by atoms with Gasteiger partial charge in [-0.25, -0.2) is 0 Å². The van der Waals surface area contributed by atoms with Crippen LogP contribution in [0.25, 0.3) is 0 Å². The van der Waals surface area contributed by atoms with Crippen LogP contribution in [0, 0.1) is 5.92 Å². The van der Waals surface area contributed by atoms with Gasteiger partial charge < -0.3 is 20.1 Å². The van der Waals surface area contributed by atoms with Gasteiger partial charge in [0, 0.05) is 45.9 Å². The molecule has 0 bridgehead atoms. The standard InChI is InChI=1S/C19H40N4O2/c1-5-20-19(21-9-7-6-8-12-24-4)22-16-18(15-17(2)3)23-10-13-25-14-11-23/h17-18H,5-16H2,1-4H3,(H2,20,21,22). The molecule has 1 rings (SSSR count). The van der Waals surface area contributed by atoms with Crippen LogP contribution >= 0.6 is 0 Å². The highest BCUT2D eigenvalue weighted by Gasteiger charge is 2.21. The number of methoxy groups -OCH3 is 1. The maximum absolute atomic E-state index is 5.50. The van der Waals surface area contributed by atoms with Crippen molar-refractivity contribution in [1.29, 1.82) is 0 Å². The highest BCUT2D eigenvalue weighted by atomic mass is 16.5. The molecule has 2 N–H and O–H groups in total. The largest absolute Gasteiger partial charge is 0.385 e. The van der Waals surface area contributed by atoms with E-state index in [0.29, 0.717) is 12.0 Å². The average Bonchev–Trinajstić information content (AvgIpc) is 2.61. The number of ether oxygens (including phenoxy) is 2. The normalized spacial score (nSPS) is 17.7. The van der Waals surface area contributed by atoms with E-state index >= 15 is 0 Å². The van der Waals surface area contributed by atoms with Crippen LogP contribution in [0.2, 0.25) is 0 Å². The van der Waals surface area contributed by atoms with Crippen LogP contribution in [-0.2, 0) is 9.47 Å². The molecule has 6 nitrogen and oxygen atoms in total. The van der Waals surface area contributed by atoms with Gasteiger partial charge in [0.15, 0.2) is 5.96 Å². The van der Waals surface area contributed by atoms with Crippen LogP contribution in [0.5, 0.6) is 0 Å². The van der Waals surface area contributed by atoms with Gasteiger partial charge in [0.2, 0.25) is 0 Å². The lowest BCUT2D eigenvalue weighted by molar-refractivity contribution is 0.0143. The molecule has 1 fully saturated rings. The first-order chi connectivity index (χ1) is 12.2. The molecule has 1 saturated heterocycles. The number of hydrogen-bond donors (Lipinski definition) is 2. The predicted octanol–water partition coefficient (Wildman–Crippen LogP) is 2.11. The second-order valence-electron chi connectivity index (χ2n) is 7.13. The Morgan fingerprint density at radius 2 is 1.92 bits per heavy atom. The molecule has 0 aromatic heterocycles. The van der Waals surface area contributed by atoms with E-state index in [0.717, 1.165) is 71.3 Å². The van der Waals surface area contributed by atoms with Crippen LogP contribution in [0.1, 0.15) is 46.5 Å². The first-order valence-electron chi connectivity index (χ1n) is 10.00. The molecule has 1 aliphatic rings. The number of hydrogen-bond acceptors (Lipinski definition) is 4. The second-order valence-corrected chi connectivity index (χ2v) is 7.13. The van der Waals surface area contributed by atoms with Crippen molar-refractivity contribution in [2.75, 3.05) is 59.7 Å². The monoisotopic (exact) mass is 356 g/mol. The van der Waals surface area contributed by atoms with Gasteiger partial charge in [0.05, 0.1) is 19.8 Å². The van der Waals surface area contributed by atoms with E-state index in [2.05, 4.69) is 36.3 Å². The van der Waals surface area contributed by atoms with Gasteiger partial charge in [0.25, 0.3) is 0 Å². The molecule has 1 unspecified atom stereocenters. The number of guanidine groups is 1. The molecular formula is C19H40N4O2. The zero-order valence-electron chi connectivity index (χ0n) is 16.9. The average molecular weight is 357 g/mol. The highest BCUT2D eigenvalue weighted by molar-refractivity contribution is 5.79. The molecule has 0 spiro atoms. The van der Waals surface area contributed by atoms with Crippen LogP contribution < -0.4 is 10.6 Å². The summed E-state index contributed by atoms with van der Waals surface area (Å²) < 4.78 is 10.6. The molecule has 6 heteroatoms. The number of rotatable bonds is 12. The Kier molecular flexibility index (Phi) is 12.7. The second kappa shape index (κ2) is 14.3. The zero-order chi connectivity index (χ0) is 18.3. The summed E-state index contributed by atoms with van der Waals surface area (Å²) in [6, 6.07) is 0.501. The Morgan fingerprint density at radius 3 is 2.56 bits per heavy atom. The molecule has 0 saturated carbocycles. The van der Waals surface area contributed by atoms with Gasteiger partial charge in [-0.15, -0.1) is 0 Å². The van der Waals surface area contributed by atoms with Crippen LogP contribution in [0.15, 0.2) is 4.99 Å². The SMILES string of the molecule is CCNC(=NCC(CC(C)C)N1CCOCC1)NCCCCCOC. The molecule has 0 radical (unpaired) electrons. The van der Waals surface area contributed by atoms with Crippen molar-refractivity contribution >= 4 is 5.96 Å². The molecule has 1 atom stereocenters. The number of unbranched alkanes of at least 4 members (excludes halogenated alkanes) is 2. The van der Waals surface area contributed by atoms with Gasteiger partial charge in [-0.3, -0.25) is 9.89 Å². The van der Waals surface area contributed by atoms with Crippen molar-refractivity contribution in [2.45, 2.75) is 52.5 Å². The Bertz CT molecular complexity index is 344. The lowest BCUT2D eigenvalue weighted by Crippen LogP contribution is -2.46. The summed E-state index contributed by atoms with van der Waals surface area (Å²) in [4.78, 5) is 7.41. The van der Waals surface area contributed by atoms with E-state index in [1.807, 2.05) is 0 Å². The minimum atomic E-state index is 0.501. The van der Waals surface area contributed by atoms with E-state index in [4.69, 9.17) is 14.5 Å². The van der Waals surface area contributed by atoms with Gasteiger partial charge in [-0.05, 0) is 38.5 Å². The lowest BCUT2D eigenvalue weighted by atomic mass is 10.0. The molecule has 0 aromatic carbocycles. The summed E-state index contributed by atoms with van der Waals surface area (Å²) in [5.41, 5.74) is 0. The van der Waals surface area contributed by atoms with Crippen molar-refractivity contribution < 1.29 is 9.47 Å². The predicted molar refractivity (Wildman–Crippen MR) is 105 cm³/mol. The molecule has 1 heterocycles. The summed E-state index contributed by atoms with van der Waals surface area (Å²) in [7, 11) is 1.76. The quantitative estimate of drug-likeness (QED) is 0.319.